The van der Waals surface area contributed by atoms with Crippen molar-refractivity contribution in [3.05, 3.63) is 123 Å². The number of benzene rings is 2. The second-order valence-corrected chi connectivity index (χ2v) is 12.4. The third kappa shape index (κ3) is 5.69. The molecule has 0 aliphatic heterocycles. The first-order valence-corrected chi connectivity index (χ1v) is 15.2. The highest BCUT2D eigenvalue weighted by molar-refractivity contribution is 7.88. The van der Waals surface area contributed by atoms with Crippen LogP contribution in [-0.4, -0.2) is 28.2 Å². The van der Waals surface area contributed by atoms with E-state index in [4.69, 9.17) is 0 Å². The molecule has 3 aromatic heterocycles. The predicted octanol–water partition coefficient (Wildman–Crippen LogP) is 4.82. The Morgan fingerprint density at radius 2 is 1.75 bits per heavy atom. The second-order valence-electron chi connectivity index (χ2n) is 9.62. The summed E-state index contributed by atoms with van der Waals surface area (Å²) in [5.74, 6) is -0.251. The molecule has 0 bridgehead atoms. The van der Waals surface area contributed by atoms with Crippen LogP contribution in [0.4, 0.5) is 0 Å². The fourth-order valence-electron chi connectivity index (χ4n) is 4.60. The van der Waals surface area contributed by atoms with Gasteiger partial charge in [-0.3, -0.25) is 14.5 Å². The molecule has 0 aliphatic rings. The number of aromatic nitrogens is 4. The first-order chi connectivity index (χ1) is 19.3. The molecule has 0 unspecified atom stereocenters. The minimum absolute atomic E-state index is 0.108. The molecule has 0 amide bonds. The first-order valence-electron chi connectivity index (χ1n) is 12.6. The average molecular weight is 568 g/mol. The van der Waals surface area contributed by atoms with Crippen molar-refractivity contribution in [2.75, 3.05) is 0 Å². The molecule has 3 aromatic carbocycles. The van der Waals surface area contributed by atoms with E-state index in [9.17, 15) is 13.2 Å². The number of hydrogen-bond donors (Lipinski definition) is 1. The quantitative estimate of drug-likeness (QED) is 0.283. The van der Waals surface area contributed by atoms with Gasteiger partial charge in [-0.25, -0.2) is 18.1 Å². The number of pyridine rings is 1. The predicted molar refractivity (Wildman–Crippen MR) is 159 cm³/mol. The Hall–Kier alpha value is -4.25. The van der Waals surface area contributed by atoms with E-state index in [0.29, 0.717) is 39.4 Å². The van der Waals surface area contributed by atoms with Crippen LogP contribution in [0.15, 0.2) is 95.5 Å². The van der Waals surface area contributed by atoms with Gasteiger partial charge in [0.25, 0.3) is 0 Å². The molecule has 3 heterocycles. The number of thiazole rings is 1. The molecule has 200 valence electrons. The number of aryl methyl sites for hydroxylation is 1. The van der Waals surface area contributed by atoms with Crippen molar-refractivity contribution in [2.45, 2.75) is 18.7 Å². The number of rotatable bonds is 8. The summed E-state index contributed by atoms with van der Waals surface area (Å²) in [6.07, 6.45) is 6.01. The van der Waals surface area contributed by atoms with Crippen LogP contribution in [0.25, 0.3) is 32.8 Å². The minimum atomic E-state index is -3.67. The topological polar surface area (TPSA) is 107 Å². The van der Waals surface area contributed by atoms with E-state index in [0.717, 1.165) is 21.7 Å². The van der Waals surface area contributed by atoms with Crippen molar-refractivity contribution >= 4 is 43.0 Å². The van der Waals surface area contributed by atoms with Gasteiger partial charge in [0.05, 0.1) is 34.7 Å². The van der Waals surface area contributed by atoms with E-state index < -0.39 is 10.0 Å². The molecule has 6 aromatic rings. The van der Waals surface area contributed by atoms with E-state index in [1.54, 1.807) is 35.3 Å². The number of hydrogen-bond acceptors (Lipinski definition) is 7. The van der Waals surface area contributed by atoms with Crippen LogP contribution < -0.4 is 10.2 Å². The van der Waals surface area contributed by atoms with Gasteiger partial charge in [-0.15, -0.1) is 11.3 Å². The fraction of sp³-hybridized carbons (Fsp3) is 0.133. The molecule has 0 saturated carbocycles. The summed E-state index contributed by atoms with van der Waals surface area (Å²) in [7, 11) is -1.84. The molecule has 1 N–H and O–H groups in total. The summed E-state index contributed by atoms with van der Waals surface area (Å²) in [5.41, 5.74) is 4.37. The Balaban J connectivity index is 1.23. The van der Waals surface area contributed by atoms with Gasteiger partial charge in [-0.1, -0.05) is 48.5 Å². The van der Waals surface area contributed by atoms with Gasteiger partial charge >= 0.3 is 0 Å². The normalized spacial score (nSPS) is 11.8. The van der Waals surface area contributed by atoms with Gasteiger partial charge in [0.1, 0.15) is 0 Å². The van der Waals surface area contributed by atoms with Crippen LogP contribution >= 0.6 is 11.3 Å². The van der Waals surface area contributed by atoms with E-state index >= 15 is 0 Å². The molecule has 0 aliphatic carbocycles. The average Bonchev–Trinajstić information content (AvgIpc) is 3.57. The number of fused-ring (bicyclic) bond motifs is 2. The van der Waals surface area contributed by atoms with Gasteiger partial charge < -0.3 is 0 Å². The first kappa shape index (κ1) is 26.0. The highest BCUT2D eigenvalue weighted by Gasteiger charge is 2.15. The number of sulfonamides is 1. The Bertz CT molecular complexity index is 2020. The maximum Gasteiger partial charge on any atom is 0.216 e. The van der Waals surface area contributed by atoms with Gasteiger partial charge in [-0.05, 0) is 34.7 Å². The van der Waals surface area contributed by atoms with Crippen molar-refractivity contribution in [1.29, 1.82) is 0 Å². The lowest BCUT2D eigenvalue weighted by molar-refractivity contribution is 0.579. The second kappa shape index (κ2) is 10.7. The van der Waals surface area contributed by atoms with Crippen LogP contribution in [0.3, 0.4) is 0 Å². The van der Waals surface area contributed by atoms with Gasteiger partial charge in [-0.2, -0.15) is 5.10 Å². The molecule has 0 fully saturated rings. The minimum Gasteiger partial charge on any atom is -0.289 e. The lowest BCUT2D eigenvalue weighted by atomic mass is 10.1. The molecule has 6 rings (SSSR count). The Morgan fingerprint density at radius 1 is 0.925 bits per heavy atom. The maximum absolute atomic E-state index is 13.6. The Morgan fingerprint density at radius 3 is 2.55 bits per heavy atom. The van der Waals surface area contributed by atoms with Crippen molar-refractivity contribution < 1.29 is 8.42 Å². The third-order valence-electron chi connectivity index (χ3n) is 6.61. The largest absolute Gasteiger partial charge is 0.289 e. The molecule has 10 heteroatoms. The fourth-order valence-corrected chi connectivity index (χ4v) is 6.52. The number of nitrogens with zero attached hydrogens (tertiary/aromatic N) is 4. The van der Waals surface area contributed by atoms with Crippen LogP contribution in [0.1, 0.15) is 21.8 Å². The smallest absolute Gasteiger partial charge is 0.216 e. The molecule has 0 saturated heterocycles. The summed E-state index contributed by atoms with van der Waals surface area (Å²) in [6.45, 7) is 0.108. The monoisotopic (exact) mass is 567 g/mol. The zero-order valence-electron chi connectivity index (χ0n) is 21.6. The SMILES string of the molecule is Cn1cc(-c2cnc3ccc4ccc(CS(=O)(=O)NCc5csc(Cc6ccccc6)n5)cc4c(=O)c3c2)cn1. The lowest BCUT2D eigenvalue weighted by Gasteiger charge is -2.06. The zero-order chi connectivity index (χ0) is 27.7. The highest BCUT2D eigenvalue weighted by Crippen LogP contribution is 2.23. The highest BCUT2D eigenvalue weighted by atomic mass is 32.2. The van der Waals surface area contributed by atoms with Gasteiger partial charge in [0.15, 0.2) is 5.43 Å². The van der Waals surface area contributed by atoms with Gasteiger partial charge in [0.2, 0.25) is 10.0 Å². The van der Waals surface area contributed by atoms with E-state index in [1.165, 1.54) is 11.3 Å². The van der Waals surface area contributed by atoms with E-state index in [-0.39, 0.29) is 17.7 Å². The molecule has 0 radical (unpaired) electrons. The van der Waals surface area contributed by atoms with Crippen molar-refractivity contribution in [2.24, 2.45) is 7.05 Å². The summed E-state index contributed by atoms with van der Waals surface area (Å²) in [6, 6.07) is 20.7. The van der Waals surface area contributed by atoms with Crippen LogP contribution in [0.2, 0.25) is 0 Å². The summed E-state index contributed by atoms with van der Waals surface area (Å²) >= 11 is 1.51. The molecule has 8 nitrogen and oxygen atoms in total. The summed E-state index contributed by atoms with van der Waals surface area (Å²) in [5, 5.41) is 8.63. The molecular weight excluding hydrogens is 542 g/mol. The number of nitrogens with one attached hydrogen (secondary N) is 1. The van der Waals surface area contributed by atoms with E-state index in [2.05, 4.69) is 19.8 Å². The molecule has 0 atom stereocenters. The van der Waals surface area contributed by atoms with Crippen LogP contribution in [0, 0.1) is 0 Å². The van der Waals surface area contributed by atoms with Crippen LogP contribution in [-0.2, 0) is 35.8 Å². The van der Waals surface area contributed by atoms with Crippen molar-refractivity contribution in [3.63, 3.8) is 0 Å². The van der Waals surface area contributed by atoms with Gasteiger partial charge in [0, 0.05) is 53.1 Å². The Labute approximate surface area is 235 Å². The third-order valence-corrected chi connectivity index (χ3v) is 8.81. The van der Waals surface area contributed by atoms with Crippen molar-refractivity contribution in [1.82, 2.24) is 24.5 Å². The Kier molecular flexibility index (Phi) is 6.97. The van der Waals surface area contributed by atoms with Crippen LogP contribution in [0.5, 0.6) is 0 Å². The molecule has 0 spiro atoms. The maximum atomic E-state index is 13.6. The standard InChI is InChI=1S/C30H25N5O3S2/c1-35-17-24(15-32-35)23-13-27-28(31-14-23)10-9-22-8-7-21(11-26(22)30(27)36)19-40(37,38)33-16-25-18-39-29(34-25)12-20-5-3-2-4-6-20/h2-11,13-15,17-18,33H,12,16,19H2,1H3. The zero-order valence-corrected chi connectivity index (χ0v) is 23.2. The summed E-state index contributed by atoms with van der Waals surface area (Å²) < 4.78 is 30.2. The van der Waals surface area contributed by atoms with E-state index in [1.807, 2.05) is 67.2 Å². The summed E-state index contributed by atoms with van der Waals surface area (Å²) in [4.78, 5) is 22.7. The molecular formula is C30H25N5O3S2. The lowest BCUT2D eigenvalue weighted by Crippen LogP contribution is -2.25. The molecule has 40 heavy (non-hydrogen) atoms. The van der Waals surface area contributed by atoms with Crippen molar-refractivity contribution in [3.8, 4) is 11.1 Å².